The minimum atomic E-state index is -0.398. The van der Waals surface area contributed by atoms with Crippen LogP contribution in [0.3, 0.4) is 0 Å². The van der Waals surface area contributed by atoms with Gasteiger partial charge in [0.1, 0.15) is 24.1 Å². The van der Waals surface area contributed by atoms with Crippen LogP contribution in [-0.2, 0) is 4.79 Å². The molecule has 1 atom stereocenters. The quantitative estimate of drug-likeness (QED) is 0.706. The van der Waals surface area contributed by atoms with Crippen LogP contribution in [0.2, 0.25) is 0 Å². The maximum Gasteiger partial charge on any atom is 0.264 e. The number of rotatable bonds is 8. The second-order valence-electron chi connectivity index (χ2n) is 6.18. The molecule has 2 amide bonds. The fourth-order valence-electron chi connectivity index (χ4n) is 3.08. The molecule has 0 aliphatic carbocycles. The van der Waals surface area contributed by atoms with E-state index in [4.69, 9.17) is 9.47 Å². The summed E-state index contributed by atoms with van der Waals surface area (Å²) in [6.07, 6.45) is 1.54. The first kappa shape index (κ1) is 19.2. The fourth-order valence-corrected chi connectivity index (χ4v) is 3.76. The number of hydrogen-bond donors (Lipinski definition) is 1. The van der Waals surface area contributed by atoms with E-state index in [1.807, 2.05) is 42.6 Å². The normalized spacial score (nSPS) is 16.2. The summed E-state index contributed by atoms with van der Waals surface area (Å²) in [5, 5.41) is 4.75. The Morgan fingerprint density at radius 1 is 1.19 bits per heavy atom. The number of nitrogens with zero attached hydrogens (tertiary/aromatic N) is 1. The van der Waals surface area contributed by atoms with Crippen molar-refractivity contribution >= 4 is 23.2 Å². The number of nitrogens with one attached hydrogen (secondary N) is 1. The van der Waals surface area contributed by atoms with Gasteiger partial charge >= 0.3 is 0 Å². The molecule has 1 N–H and O–H groups in total. The number of thiophene rings is 1. The van der Waals surface area contributed by atoms with Crippen molar-refractivity contribution < 1.29 is 19.1 Å². The average Bonchev–Trinajstić information content (AvgIpc) is 3.38. The lowest BCUT2D eigenvalue weighted by molar-refractivity contribution is -0.124. The summed E-state index contributed by atoms with van der Waals surface area (Å²) < 4.78 is 11.0. The lowest BCUT2D eigenvalue weighted by Crippen LogP contribution is -2.46. The maximum atomic E-state index is 12.5. The smallest absolute Gasteiger partial charge is 0.264 e. The van der Waals surface area contributed by atoms with E-state index in [1.54, 1.807) is 11.0 Å². The summed E-state index contributed by atoms with van der Waals surface area (Å²) in [5.74, 6) is 1.35. The molecule has 1 aliphatic heterocycles. The van der Waals surface area contributed by atoms with Crippen molar-refractivity contribution in [3.63, 3.8) is 0 Å². The zero-order valence-corrected chi connectivity index (χ0v) is 16.2. The fraction of sp³-hybridized carbons (Fsp3) is 0.400. The van der Waals surface area contributed by atoms with Gasteiger partial charge in [-0.05, 0) is 55.5 Å². The number of benzene rings is 1. The highest BCUT2D eigenvalue weighted by Crippen LogP contribution is 2.22. The second-order valence-corrected chi connectivity index (χ2v) is 7.13. The van der Waals surface area contributed by atoms with E-state index in [9.17, 15) is 9.59 Å². The summed E-state index contributed by atoms with van der Waals surface area (Å²) in [6, 6.07) is 10.6. The topological polar surface area (TPSA) is 67.9 Å². The van der Waals surface area contributed by atoms with Crippen LogP contribution in [0.25, 0.3) is 0 Å². The largest absolute Gasteiger partial charge is 0.494 e. The molecule has 0 unspecified atom stereocenters. The number of carbonyl (C=O) groups excluding carboxylic acids is 2. The van der Waals surface area contributed by atoms with Crippen LogP contribution in [0.5, 0.6) is 11.5 Å². The van der Waals surface area contributed by atoms with E-state index in [1.165, 1.54) is 11.3 Å². The van der Waals surface area contributed by atoms with Gasteiger partial charge in [0.25, 0.3) is 5.91 Å². The first-order valence-corrected chi connectivity index (χ1v) is 10.0. The molecule has 2 heterocycles. The minimum absolute atomic E-state index is 0.0618. The van der Waals surface area contributed by atoms with Crippen LogP contribution in [0.1, 0.15) is 29.4 Å². The zero-order valence-electron chi connectivity index (χ0n) is 15.3. The molecule has 144 valence electrons. The monoisotopic (exact) mass is 388 g/mol. The molecule has 7 heteroatoms. The van der Waals surface area contributed by atoms with Crippen LogP contribution in [-0.4, -0.2) is 49.1 Å². The maximum absolute atomic E-state index is 12.5. The van der Waals surface area contributed by atoms with Crippen LogP contribution in [0, 0.1) is 0 Å². The predicted octanol–water partition coefficient (Wildman–Crippen LogP) is 2.95. The minimum Gasteiger partial charge on any atom is -0.494 e. The Labute approximate surface area is 163 Å². The molecule has 6 nitrogen and oxygen atoms in total. The Balaban J connectivity index is 1.44. The Morgan fingerprint density at radius 2 is 1.93 bits per heavy atom. The molecule has 27 heavy (non-hydrogen) atoms. The highest BCUT2D eigenvalue weighted by molar-refractivity contribution is 7.12. The van der Waals surface area contributed by atoms with Crippen molar-refractivity contribution in [1.82, 2.24) is 10.2 Å². The molecule has 1 aliphatic rings. The van der Waals surface area contributed by atoms with Gasteiger partial charge in [-0.25, -0.2) is 0 Å². The van der Waals surface area contributed by atoms with Crippen molar-refractivity contribution in [3.05, 3.63) is 46.7 Å². The van der Waals surface area contributed by atoms with Crippen molar-refractivity contribution in [2.75, 3.05) is 26.3 Å². The molecule has 0 bridgehead atoms. The highest BCUT2D eigenvalue weighted by Gasteiger charge is 2.34. The summed E-state index contributed by atoms with van der Waals surface area (Å²) in [4.78, 5) is 27.4. The van der Waals surface area contributed by atoms with Gasteiger partial charge in [-0.3, -0.25) is 9.59 Å². The van der Waals surface area contributed by atoms with E-state index in [2.05, 4.69) is 5.32 Å². The van der Waals surface area contributed by atoms with Crippen molar-refractivity contribution in [2.24, 2.45) is 0 Å². The molecule has 3 rings (SSSR count). The molecule has 2 aromatic rings. The summed E-state index contributed by atoms with van der Waals surface area (Å²) >= 11 is 1.40. The van der Waals surface area contributed by atoms with Crippen molar-refractivity contribution in [3.8, 4) is 11.5 Å². The van der Waals surface area contributed by atoms with Crippen molar-refractivity contribution in [1.29, 1.82) is 0 Å². The molecule has 0 saturated carbocycles. The highest BCUT2D eigenvalue weighted by atomic mass is 32.1. The second kappa shape index (κ2) is 9.41. The SMILES string of the molecule is CCOc1ccc(OCCNC(=O)[C@@H]2CCCN2C(=O)c2cccs2)cc1. The van der Waals surface area contributed by atoms with E-state index >= 15 is 0 Å². The third kappa shape index (κ3) is 5.01. The van der Waals surface area contributed by atoms with Crippen LogP contribution < -0.4 is 14.8 Å². The standard InChI is InChI=1S/C20H24N2O4S/c1-2-25-15-7-9-16(10-8-15)26-13-11-21-19(23)17-5-3-12-22(17)20(24)18-6-4-14-27-18/h4,6-10,14,17H,2-3,5,11-13H2,1H3,(H,21,23)/t17-/m0/s1. The molecular formula is C20H24N2O4S. The van der Waals surface area contributed by atoms with Crippen LogP contribution in [0.4, 0.5) is 0 Å². The van der Waals surface area contributed by atoms with Gasteiger partial charge in [0, 0.05) is 6.54 Å². The number of ether oxygens (including phenoxy) is 2. The summed E-state index contributed by atoms with van der Waals surface area (Å²) in [7, 11) is 0. The van der Waals surface area contributed by atoms with Gasteiger partial charge in [-0.15, -0.1) is 11.3 Å². The Morgan fingerprint density at radius 3 is 2.59 bits per heavy atom. The van der Waals surface area contributed by atoms with E-state index in [-0.39, 0.29) is 11.8 Å². The lowest BCUT2D eigenvalue weighted by Gasteiger charge is -2.23. The number of carbonyl (C=O) groups is 2. The Hall–Kier alpha value is -2.54. The number of likely N-dealkylation sites (tertiary alicyclic amines) is 1. The molecule has 0 spiro atoms. The first-order valence-electron chi connectivity index (χ1n) is 9.17. The van der Waals surface area contributed by atoms with Gasteiger partial charge in [0.05, 0.1) is 18.0 Å². The van der Waals surface area contributed by atoms with E-state index in [0.29, 0.717) is 37.6 Å². The molecule has 1 saturated heterocycles. The summed E-state index contributed by atoms with van der Waals surface area (Å²) in [6.45, 7) is 3.94. The van der Waals surface area contributed by atoms with Gasteiger partial charge < -0.3 is 19.7 Å². The molecule has 1 aromatic carbocycles. The van der Waals surface area contributed by atoms with Gasteiger partial charge in [-0.2, -0.15) is 0 Å². The van der Waals surface area contributed by atoms with Gasteiger partial charge in [0.2, 0.25) is 5.91 Å². The third-order valence-electron chi connectivity index (χ3n) is 4.35. The van der Waals surface area contributed by atoms with Gasteiger partial charge in [0.15, 0.2) is 0 Å². The Bertz CT molecular complexity index is 746. The molecule has 0 radical (unpaired) electrons. The third-order valence-corrected chi connectivity index (χ3v) is 5.21. The lowest BCUT2D eigenvalue weighted by atomic mass is 10.2. The predicted molar refractivity (Wildman–Crippen MR) is 104 cm³/mol. The molecular weight excluding hydrogens is 364 g/mol. The zero-order chi connectivity index (χ0) is 19.1. The number of amides is 2. The van der Waals surface area contributed by atoms with Gasteiger partial charge in [-0.1, -0.05) is 6.07 Å². The summed E-state index contributed by atoms with van der Waals surface area (Å²) in [5.41, 5.74) is 0. The molecule has 1 aromatic heterocycles. The Kier molecular flexibility index (Phi) is 6.70. The number of hydrogen-bond acceptors (Lipinski definition) is 5. The van der Waals surface area contributed by atoms with Crippen molar-refractivity contribution in [2.45, 2.75) is 25.8 Å². The van der Waals surface area contributed by atoms with Crippen LogP contribution in [0.15, 0.2) is 41.8 Å². The van der Waals surface area contributed by atoms with E-state index in [0.717, 1.165) is 17.9 Å². The van der Waals surface area contributed by atoms with E-state index < -0.39 is 6.04 Å². The van der Waals surface area contributed by atoms with Crippen LogP contribution >= 0.6 is 11.3 Å². The first-order chi connectivity index (χ1) is 13.2. The molecule has 1 fully saturated rings. The average molecular weight is 388 g/mol.